The lowest BCUT2D eigenvalue weighted by atomic mass is 10.3. The number of amidine groups is 1. The molecule has 0 fully saturated rings. The highest BCUT2D eigenvalue weighted by Gasteiger charge is 1.94. The second-order valence-corrected chi connectivity index (χ2v) is 1.58. The van der Waals surface area contributed by atoms with Gasteiger partial charge in [0.05, 0.1) is 0 Å². The van der Waals surface area contributed by atoms with E-state index >= 15 is 0 Å². The third-order valence-corrected chi connectivity index (χ3v) is 0.765. The van der Waals surface area contributed by atoms with Crippen molar-refractivity contribution in [1.29, 1.82) is 5.41 Å². The van der Waals surface area contributed by atoms with E-state index in [1.54, 1.807) is 0 Å². The number of rotatable bonds is 2. The topological polar surface area (TPSA) is 87.2 Å². The van der Waals surface area contributed by atoms with Gasteiger partial charge in [-0.2, -0.15) is 0 Å². The summed E-state index contributed by atoms with van der Waals surface area (Å²) < 4.78 is 0. The van der Waals surface area contributed by atoms with Crippen LogP contribution in [0.1, 0.15) is 6.92 Å². The molecule has 0 aromatic carbocycles. The Morgan fingerprint density at radius 3 is 2.33 bits per heavy atom. The Morgan fingerprint density at radius 1 is 1.78 bits per heavy atom. The van der Waals surface area contributed by atoms with Crippen molar-refractivity contribution in [2.45, 2.75) is 6.92 Å². The quantitative estimate of drug-likeness (QED) is 0.277. The van der Waals surface area contributed by atoms with Gasteiger partial charge in [-0.1, -0.05) is 0 Å². The molecule has 4 N–H and O–H groups in total. The summed E-state index contributed by atoms with van der Waals surface area (Å²) in [4.78, 5) is 9.89. The van der Waals surface area contributed by atoms with Gasteiger partial charge >= 0.3 is 5.97 Å². The zero-order chi connectivity index (χ0) is 7.44. The predicted octanol–water partition coefficient (Wildman–Crippen LogP) is -0.0467. The van der Waals surface area contributed by atoms with Crippen molar-refractivity contribution >= 4 is 11.8 Å². The van der Waals surface area contributed by atoms with Gasteiger partial charge in [0, 0.05) is 6.08 Å². The van der Waals surface area contributed by atoms with Gasteiger partial charge in [0.25, 0.3) is 0 Å². The third kappa shape index (κ3) is 3.28. The van der Waals surface area contributed by atoms with Crippen LogP contribution in [0.15, 0.2) is 11.6 Å². The molecule has 0 aliphatic heterocycles. The fraction of sp³-hybridized carbons (Fsp3) is 0.200. The van der Waals surface area contributed by atoms with Crippen molar-refractivity contribution in [3.05, 3.63) is 11.6 Å². The van der Waals surface area contributed by atoms with Crippen molar-refractivity contribution in [1.82, 2.24) is 0 Å². The second-order valence-electron chi connectivity index (χ2n) is 1.58. The van der Waals surface area contributed by atoms with Crippen molar-refractivity contribution in [2.75, 3.05) is 0 Å². The predicted molar refractivity (Wildman–Crippen MR) is 33.3 cm³/mol. The molecular weight excluding hydrogens is 120 g/mol. The number of carboxylic acids is 1. The molecule has 0 bridgehead atoms. The molecule has 4 heteroatoms. The van der Waals surface area contributed by atoms with Gasteiger partial charge in [-0.15, -0.1) is 0 Å². The van der Waals surface area contributed by atoms with Crippen LogP contribution in [0.2, 0.25) is 0 Å². The number of nitrogens with two attached hydrogens (primary N) is 1. The normalized spacial score (nSPS) is 11.0. The Kier molecular flexibility index (Phi) is 2.44. The standard InChI is InChI=1S/C5H8N2O2/c1-3(5(6)7)2-4(8)9/h2H,1H3,(H3,6,7)(H,8,9)/b3-2+. The van der Waals surface area contributed by atoms with Crippen LogP contribution in [-0.4, -0.2) is 16.9 Å². The van der Waals surface area contributed by atoms with E-state index in [9.17, 15) is 4.79 Å². The van der Waals surface area contributed by atoms with Gasteiger partial charge in [-0.25, -0.2) is 4.79 Å². The molecule has 0 spiro atoms. The highest BCUT2D eigenvalue weighted by molar-refractivity contribution is 5.99. The van der Waals surface area contributed by atoms with E-state index < -0.39 is 5.97 Å². The lowest BCUT2D eigenvalue weighted by Crippen LogP contribution is -2.11. The molecule has 0 rings (SSSR count). The second kappa shape index (κ2) is 2.86. The van der Waals surface area contributed by atoms with Crippen LogP contribution < -0.4 is 5.73 Å². The Balaban J connectivity index is 4.17. The average Bonchev–Trinajstić information content (AvgIpc) is 1.63. The lowest BCUT2D eigenvalue weighted by molar-refractivity contribution is -0.131. The Labute approximate surface area is 52.5 Å². The first-order chi connectivity index (χ1) is 4.04. The monoisotopic (exact) mass is 128 g/mol. The number of nitrogens with one attached hydrogen (secondary N) is 1. The molecule has 0 saturated carbocycles. The number of carboxylic acid groups (broad SMARTS) is 1. The fourth-order valence-electron chi connectivity index (χ4n) is 0.263. The van der Waals surface area contributed by atoms with Crippen LogP contribution in [0.3, 0.4) is 0 Å². The Bertz CT molecular complexity index is 172. The summed E-state index contributed by atoms with van der Waals surface area (Å²) >= 11 is 0. The molecule has 0 saturated heterocycles. The number of hydrogen-bond acceptors (Lipinski definition) is 2. The minimum Gasteiger partial charge on any atom is -0.478 e. The van der Waals surface area contributed by atoms with E-state index in [2.05, 4.69) is 0 Å². The molecule has 4 nitrogen and oxygen atoms in total. The van der Waals surface area contributed by atoms with E-state index in [1.165, 1.54) is 6.92 Å². The van der Waals surface area contributed by atoms with Gasteiger partial charge < -0.3 is 10.8 Å². The van der Waals surface area contributed by atoms with Crippen LogP contribution in [0.25, 0.3) is 0 Å². The maximum Gasteiger partial charge on any atom is 0.328 e. The number of carbonyl (C=O) groups is 1. The summed E-state index contributed by atoms with van der Waals surface area (Å²) in [6, 6.07) is 0. The largest absolute Gasteiger partial charge is 0.478 e. The van der Waals surface area contributed by atoms with Gasteiger partial charge in [0.1, 0.15) is 5.84 Å². The highest BCUT2D eigenvalue weighted by atomic mass is 16.4. The van der Waals surface area contributed by atoms with E-state index in [1.807, 2.05) is 0 Å². The SMILES string of the molecule is C/C(=C\C(=O)O)C(=N)N. The van der Waals surface area contributed by atoms with Crippen LogP contribution >= 0.6 is 0 Å². The van der Waals surface area contributed by atoms with Crippen LogP contribution in [0, 0.1) is 5.41 Å². The first-order valence-corrected chi connectivity index (χ1v) is 2.29. The lowest BCUT2D eigenvalue weighted by Gasteiger charge is -1.91. The van der Waals surface area contributed by atoms with Crippen LogP contribution in [0.4, 0.5) is 0 Å². The number of hydrogen-bond donors (Lipinski definition) is 3. The zero-order valence-corrected chi connectivity index (χ0v) is 5.01. The molecule has 0 aromatic rings. The minimum absolute atomic E-state index is 0.211. The molecule has 0 heterocycles. The molecule has 0 aliphatic carbocycles. The van der Waals surface area contributed by atoms with Gasteiger partial charge in [-0.05, 0) is 12.5 Å². The van der Waals surface area contributed by atoms with E-state index in [0.29, 0.717) is 0 Å². The van der Waals surface area contributed by atoms with Gasteiger partial charge in [0.15, 0.2) is 0 Å². The summed E-state index contributed by atoms with van der Waals surface area (Å²) in [6.07, 6.45) is 0.891. The third-order valence-electron chi connectivity index (χ3n) is 0.765. The summed E-state index contributed by atoms with van der Waals surface area (Å²) in [5.41, 5.74) is 5.20. The van der Waals surface area contributed by atoms with Gasteiger partial charge in [-0.3, -0.25) is 5.41 Å². The van der Waals surface area contributed by atoms with E-state index in [4.69, 9.17) is 16.2 Å². The van der Waals surface area contributed by atoms with Crippen molar-refractivity contribution in [3.8, 4) is 0 Å². The highest BCUT2D eigenvalue weighted by Crippen LogP contribution is 1.88. The zero-order valence-electron chi connectivity index (χ0n) is 5.01. The van der Waals surface area contributed by atoms with E-state index in [0.717, 1.165) is 6.08 Å². The average molecular weight is 128 g/mol. The molecular formula is C5H8N2O2. The van der Waals surface area contributed by atoms with Crippen molar-refractivity contribution < 1.29 is 9.90 Å². The van der Waals surface area contributed by atoms with Gasteiger partial charge in [0.2, 0.25) is 0 Å². The smallest absolute Gasteiger partial charge is 0.328 e. The van der Waals surface area contributed by atoms with Crippen molar-refractivity contribution in [3.63, 3.8) is 0 Å². The Morgan fingerprint density at radius 2 is 2.22 bits per heavy atom. The molecule has 50 valence electrons. The van der Waals surface area contributed by atoms with E-state index in [-0.39, 0.29) is 11.4 Å². The van der Waals surface area contributed by atoms with Crippen LogP contribution in [0.5, 0.6) is 0 Å². The summed E-state index contributed by atoms with van der Waals surface area (Å²) in [5.74, 6) is -1.29. The van der Waals surface area contributed by atoms with Crippen molar-refractivity contribution in [2.24, 2.45) is 5.73 Å². The number of aliphatic carboxylic acids is 1. The summed E-state index contributed by atoms with van der Waals surface area (Å²) in [7, 11) is 0. The van der Waals surface area contributed by atoms with Crippen LogP contribution in [-0.2, 0) is 4.79 Å². The minimum atomic E-state index is -1.08. The maximum absolute atomic E-state index is 9.89. The first kappa shape index (κ1) is 7.68. The molecule has 9 heavy (non-hydrogen) atoms. The Hall–Kier alpha value is -1.32. The molecule has 0 aliphatic rings. The maximum atomic E-state index is 9.89. The molecule has 0 aromatic heterocycles. The molecule has 0 radical (unpaired) electrons. The summed E-state index contributed by atoms with van der Waals surface area (Å²) in [5, 5.41) is 14.8. The molecule has 0 amide bonds. The molecule has 0 atom stereocenters. The molecule has 0 unspecified atom stereocenters. The first-order valence-electron chi connectivity index (χ1n) is 2.29. The summed E-state index contributed by atoms with van der Waals surface area (Å²) in [6.45, 7) is 1.47. The fourth-order valence-corrected chi connectivity index (χ4v) is 0.263.